The van der Waals surface area contributed by atoms with Gasteiger partial charge in [-0.3, -0.25) is 4.90 Å². The average Bonchev–Trinajstić information content (AvgIpc) is 2.91. The Labute approximate surface area is 149 Å². The molecule has 0 aromatic rings. The van der Waals surface area contributed by atoms with Crippen LogP contribution in [0.3, 0.4) is 0 Å². The van der Waals surface area contributed by atoms with Crippen LogP contribution in [0, 0.1) is 16.7 Å². The fourth-order valence-corrected chi connectivity index (χ4v) is 5.92. The number of fused-ring (bicyclic) bond motifs is 2. The maximum Gasteiger partial charge on any atom is 0.0900 e. The molecule has 3 rings (SSSR count). The lowest BCUT2D eigenvalue weighted by Gasteiger charge is -2.39. The summed E-state index contributed by atoms with van der Waals surface area (Å²) in [7, 11) is 0. The molecule has 3 aliphatic carbocycles. The Kier molecular flexibility index (Phi) is 5.64. The Morgan fingerprint density at radius 1 is 1.12 bits per heavy atom. The lowest BCUT2D eigenvalue weighted by atomic mass is 9.70. The highest BCUT2D eigenvalue weighted by atomic mass is 16.5. The summed E-state index contributed by atoms with van der Waals surface area (Å²) in [5.74, 6) is 0.805. The van der Waals surface area contributed by atoms with Crippen molar-refractivity contribution in [2.45, 2.75) is 97.3 Å². The van der Waals surface area contributed by atoms with Gasteiger partial charge in [0.2, 0.25) is 0 Å². The lowest BCUT2D eigenvalue weighted by Crippen LogP contribution is -2.44. The van der Waals surface area contributed by atoms with Crippen LogP contribution >= 0.6 is 0 Å². The van der Waals surface area contributed by atoms with Gasteiger partial charge in [0.05, 0.1) is 18.8 Å². The molecule has 0 aromatic heterocycles. The van der Waals surface area contributed by atoms with Gasteiger partial charge in [-0.1, -0.05) is 47.0 Å². The van der Waals surface area contributed by atoms with Crippen molar-refractivity contribution in [2.75, 3.05) is 19.7 Å². The van der Waals surface area contributed by atoms with Crippen molar-refractivity contribution >= 4 is 0 Å². The molecule has 3 fully saturated rings. The molecular weight excluding hydrogens is 298 g/mol. The number of nitrogens with zero attached hydrogens (tertiary/aromatic N) is 1. The topological polar surface area (TPSA) is 32.7 Å². The number of rotatable bonds is 7. The maximum absolute atomic E-state index is 10.6. The van der Waals surface area contributed by atoms with Crippen LogP contribution in [0.25, 0.3) is 0 Å². The standard InChI is InChI=1S/C21H39NO2/c1-5-22(17-9-7-6-8-10-17)14-18(23)15-24-19-13-16-11-12-21(19,4)20(16,2)3/h16-19,23H,5-15H2,1-4H3. The van der Waals surface area contributed by atoms with Crippen LogP contribution in [0.1, 0.15) is 79.1 Å². The first-order chi connectivity index (χ1) is 11.4. The van der Waals surface area contributed by atoms with Crippen molar-refractivity contribution < 1.29 is 9.84 Å². The van der Waals surface area contributed by atoms with E-state index in [1.807, 2.05) is 0 Å². The summed E-state index contributed by atoms with van der Waals surface area (Å²) in [5.41, 5.74) is 0.686. The van der Waals surface area contributed by atoms with Gasteiger partial charge < -0.3 is 9.84 Å². The van der Waals surface area contributed by atoms with Crippen LogP contribution in [0.2, 0.25) is 0 Å². The zero-order valence-corrected chi connectivity index (χ0v) is 16.4. The predicted molar refractivity (Wildman–Crippen MR) is 99.1 cm³/mol. The van der Waals surface area contributed by atoms with Crippen LogP contribution in [-0.2, 0) is 4.74 Å². The quantitative estimate of drug-likeness (QED) is 0.754. The van der Waals surface area contributed by atoms with E-state index < -0.39 is 0 Å². The molecule has 0 radical (unpaired) electrons. The van der Waals surface area contributed by atoms with E-state index in [1.54, 1.807) is 0 Å². The summed E-state index contributed by atoms with van der Waals surface area (Å²) in [4.78, 5) is 2.49. The molecule has 1 N–H and O–H groups in total. The Morgan fingerprint density at radius 2 is 1.83 bits per heavy atom. The number of ether oxygens (including phenoxy) is 1. The van der Waals surface area contributed by atoms with Gasteiger partial charge in [-0.15, -0.1) is 0 Å². The summed E-state index contributed by atoms with van der Waals surface area (Å²) in [6.45, 7) is 11.8. The molecule has 140 valence electrons. The van der Waals surface area contributed by atoms with Crippen molar-refractivity contribution in [1.29, 1.82) is 0 Å². The van der Waals surface area contributed by atoms with Crippen LogP contribution in [0.5, 0.6) is 0 Å². The number of hydrogen-bond donors (Lipinski definition) is 1. The highest BCUT2D eigenvalue weighted by Gasteiger charge is 2.61. The first-order valence-corrected chi connectivity index (χ1v) is 10.4. The molecule has 0 aromatic carbocycles. The van der Waals surface area contributed by atoms with Crippen molar-refractivity contribution in [3.8, 4) is 0 Å². The van der Waals surface area contributed by atoms with Gasteiger partial charge in [-0.2, -0.15) is 0 Å². The smallest absolute Gasteiger partial charge is 0.0900 e. The Balaban J connectivity index is 1.48. The maximum atomic E-state index is 10.6. The minimum absolute atomic E-state index is 0.297. The van der Waals surface area contributed by atoms with Crippen molar-refractivity contribution in [3.63, 3.8) is 0 Å². The average molecular weight is 338 g/mol. The Bertz CT molecular complexity index is 418. The van der Waals surface area contributed by atoms with E-state index in [1.165, 1.54) is 51.4 Å². The molecule has 3 saturated carbocycles. The number of hydrogen-bond acceptors (Lipinski definition) is 3. The SMILES string of the molecule is CCN(CC(O)COC1CC2CCC1(C)C2(C)C)C1CCCCC1. The van der Waals surface area contributed by atoms with E-state index in [9.17, 15) is 5.11 Å². The second-order valence-corrected chi connectivity index (χ2v) is 9.47. The zero-order chi connectivity index (χ0) is 17.4. The summed E-state index contributed by atoms with van der Waals surface area (Å²) in [6, 6.07) is 0.678. The second-order valence-electron chi connectivity index (χ2n) is 9.47. The summed E-state index contributed by atoms with van der Waals surface area (Å²) >= 11 is 0. The monoisotopic (exact) mass is 337 g/mol. The largest absolute Gasteiger partial charge is 0.389 e. The minimum atomic E-state index is -0.349. The first kappa shape index (κ1) is 18.7. The first-order valence-electron chi connectivity index (χ1n) is 10.4. The summed E-state index contributed by atoms with van der Waals surface area (Å²) in [6.07, 6.45) is 10.5. The summed E-state index contributed by atoms with van der Waals surface area (Å²) < 4.78 is 6.29. The van der Waals surface area contributed by atoms with Gasteiger partial charge >= 0.3 is 0 Å². The third-order valence-electron chi connectivity index (χ3n) is 8.15. The third-order valence-corrected chi connectivity index (χ3v) is 8.15. The normalized spacial score (nSPS) is 37.2. The summed E-state index contributed by atoms with van der Waals surface area (Å²) in [5, 5.41) is 10.6. The van der Waals surface area contributed by atoms with E-state index in [0.29, 0.717) is 29.6 Å². The molecule has 0 saturated heterocycles. The molecule has 0 amide bonds. The highest BCUT2D eigenvalue weighted by molar-refractivity contribution is 5.11. The van der Waals surface area contributed by atoms with Gasteiger partial charge in [-0.25, -0.2) is 0 Å². The molecule has 3 heteroatoms. The number of likely N-dealkylation sites (N-methyl/N-ethyl adjacent to an activating group) is 1. The van der Waals surface area contributed by atoms with E-state index in [2.05, 4.69) is 32.6 Å². The molecule has 2 bridgehead atoms. The van der Waals surface area contributed by atoms with Crippen LogP contribution in [0.4, 0.5) is 0 Å². The van der Waals surface area contributed by atoms with Gasteiger partial charge in [0.25, 0.3) is 0 Å². The zero-order valence-electron chi connectivity index (χ0n) is 16.4. The Morgan fingerprint density at radius 3 is 2.38 bits per heavy atom. The van der Waals surface area contributed by atoms with Gasteiger partial charge in [0, 0.05) is 12.6 Å². The Hall–Kier alpha value is -0.120. The van der Waals surface area contributed by atoms with Crippen molar-refractivity contribution in [2.24, 2.45) is 16.7 Å². The fraction of sp³-hybridized carbons (Fsp3) is 1.00. The van der Waals surface area contributed by atoms with Gasteiger partial charge in [-0.05, 0) is 55.4 Å². The molecule has 3 nitrogen and oxygen atoms in total. The van der Waals surface area contributed by atoms with E-state index in [0.717, 1.165) is 19.0 Å². The lowest BCUT2D eigenvalue weighted by molar-refractivity contribution is -0.0813. The fourth-order valence-electron chi connectivity index (χ4n) is 5.92. The molecule has 4 atom stereocenters. The highest BCUT2D eigenvalue weighted by Crippen LogP contribution is 2.66. The molecule has 0 spiro atoms. The number of aliphatic hydroxyl groups is 1. The molecule has 24 heavy (non-hydrogen) atoms. The minimum Gasteiger partial charge on any atom is -0.389 e. The van der Waals surface area contributed by atoms with E-state index in [-0.39, 0.29) is 6.10 Å². The van der Waals surface area contributed by atoms with E-state index >= 15 is 0 Å². The van der Waals surface area contributed by atoms with Gasteiger partial charge in [0.1, 0.15) is 0 Å². The van der Waals surface area contributed by atoms with Crippen molar-refractivity contribution in [3.05, 3.63) is 0 Å². The van der Waals surface area contributed by atoms with Crippen molar-refractivity contribution in [1.82, 2.24) is 4.90 Å². The van der Waals surface area contributed by atoms with Gasteiger partial charge in [0.15, 0.2) is 0 Å². The van der Waals surface area contributed by atoms with Crippen LogP contribution < -0.4 is 0 Å². The molecule has 0 aliphatic heterocycles. The molecule has 4 unspecified atom stereocenters. The third kappa shape index (κ3) is 3.29. The van der Waals surface area contributed by atoms with E-state index in [4.69, 9.17) is 4.74 Å². The molecule has 0 heterocycles. The number of aliphatic hydroxyl groups excluding tert-OH is 1. The second kappa shape index (κ2) is 7.25. The van der Waals surface area contributed by atoms with Crippen LogP contribution in [0.15, 0.2) is 0 Å². The molecule has 3 aliphatic rings. The predicted octanol–water partition coefficient (Wildman–Crippen LogP) is 4.23. The molecular formula is C21H39NO2. The van der Waals surface area contributed by atoms with Crippen LogP contribution in [-0.4, -0.2) is 48.0 Å².